The Balaban J connectivity index is 2.33. The summed E-state index contributed by atoms with van der Waals surface area (Å²) in [6.45, 7) is 0. The molecule has 1 fully saturated rings. The molecule has 0 heterocycles. The van der Waals surface area contributed by atoms with E-state index in [2.05, 4.69) is 6.07 Å². The SMILES string of the molecule is CN(C)c1ccc(C2(N)CCC2)cc1Cl. The zero-order valence-corrected chi connectivity index (χ0v) is 10.0. The maximum atomic E-state index is 6.25. The Morgan fingerprint density at radius 1 is 1.33 bits per heavy atom. The molecule has 0 spiro atoms. The summed E-state index contributed by atoms with van der Waals surface area (Å²) in [5.41, 5.74) is 8.35. The molecule has 2 rings (SSSR count). The lowest BCUT2D eigenvalue weighted by molar-refractivity contribution is 0.253. The standard InChI is InChI=1S/C12H17ClN2/c1-15(2)11-5-4-9(8-10(11)13)12(14)6-3-7-12/h4-5,8H,3,6-7,14H2,1-2H3. The minimum atomic E-state index is -0.117. The van der Waals surface area contributed by atoms with Crippen LogP contribution < -0.4 is 10.6 Å². The molecule has 3 heteroatoms. The van der Waals surface area contributed by atoms with Crippen LogP contribution in [0.1, 0.15) is 24.8 Å². The Bertz CT molecular complexity index is 370. The van der Waals surface area contributed by atoms with Crippen LogP contribution in [-0.4, -0.2) is 14.1 Å². The van der Waals surface area contributed by atoms with Gasteiger partial charge in [-0.05, 0) is 37.0 Å². The van der Waals surface area contributed by atoms with E-state index in [1.807, 2.05) is 31.1 Å². The average molecular weight is 225 g/mol. The molecule has 2 N–H and O–H groups in total. The van der Waals surface area contributed by atoms with Gasteiger partial charge in [-0.2, -0.15) is 0 Å². The monoisotopic (exact) mass is 224 g/mol. The van der Waals surface area contributed by atoms with Crippen LogP contribution in [-0.2, 0) is 5.54 Å². The summed E-state index contributed by atoms with van der Waals surface area (Å²) in [6, 6.07) is 6.15. The third kappa shape index (κ3) is 1.84. The van der Waals surface area contributed by atoms with Crippen LogP contribution >= 0.6 is 11.6 Å². The third-order valence-electron chi connectivity index (χ3n) is 3.25. The summed E-state index contributed by atoms with van der Waals surface area (Å²) in [5, 5.41) is 0.786. The highest BCUT2D eigenvalue weighted by atomic mass is 35.5. The van der Waals surface area contributed by atoms with E-state index in [0.717, 1.165) is 23.6 Å². The molecule has 2 nitrogen and oxygen atoms in total. The molecule has 82 valence electrons. The number of anilines is 1. The van der Waals surface area contributed by atoms with Crippen molar-refractivity contribution in [1.82, 2.24) is 0 Å². The predicted molar refractivity (Wildman–Crippen MR) is 65.5 cm³/mol. The minimum absolute atomic E-state index is 0.117. The quantitative estimate of drug-likeness (QED) is 0.837. The second-order valence-corrected chi connectivity index (χ2v) is 4.98. The summed E-state index contributed by atoms with van der Waals surface area (Å²) in [4.78, 5) is 2.01. The van der Waals surface area contributed by atoms with Crippen molar-refractivity contribution in [2.75, 3.05) is 19.0 Å². The third-order valence-corrected chi connectivity index (χ3v) is 3.55. The number of hydrogen-bond acceptors (Lipinski definition) is 2. The number of rotatable bonds is 2. The van der Waals surface area contributed by atoms with E-state index in [0.29, 0.717) is 0 Å². The molecule has 15 heavy (non-hydrogen) atoms. The van der Waals surface area contributed by atoms with Crippen molar-refractivity contribution < 1.29 is 0 Å². The van der Waals surface area contributed by atoms with Gasteiger partial charge in [0.1, 0.15) is 0 Å². The molecule has 0 saturated heterocycles. The van der Waals surface area contributed by atoms with Gasteiger partial charge >= 0.3 is 0 Å². The first-order chi connectivity index (χ1) is 7.03. The van der Waals surface area contributed by atoms with Crippen molar-refractivity contribution in [3.63, 3.8) is 0 Å². The lowest BCUT2D eigenvalue weighted by Crippen LogP contribution is -2.43. The lowest BCUT2D eigenvalue weighted by atomic mass is 9.73. The molecule has 0 aliphatic heterocycles. The van der Waals surface area contributed by atoms with Crippen molar-refractivity contribution in [2.24, 2.45) is 5.73 Å². The fourth-order valence-corrected chi connectivity index (χ4v) is 2.38. The van der Waals surface area contributed by atoms with Gasteiger partial charge in [-0.25, -0.2) is 0 Å². The summed E-state index contributed by atoms with van der Waals surface area (Å²) in [7, 11) is 3.98. The fourth-order valence-electron chi connectivity index (χ4n) is 2.03. The molecular formula is C12H17ClN2. The van der Waals surface area contributed by atoms with E-state index in [1.54, 1.807) is 0 Å². The van der Waals surface area contributed by atoms with E-state index in [4.69, 9.17) is 17.3 Å². The summed E-state index contributed by atoms with van der Waals surface area (Å²) in [6.07, 6.45) is 3.37. The van der Waals surface area contributed by atoms with Crippen LogP contribution in [0.3, 0.4) is 0 Å². The highest BCUT2D eigenvalue weighted by Crippen LogP contribution is 2.40. The number of nitrogens with two attached hydrogens (primary N) is 1. The molecule has 0 amide bonds. The van der Waals surface area contributed by atoms with Gasteiger partial charge in [0.2, 0.25) is 0 Å². The molecule has 0 bridgehead atoms. The van der Waals surface area contributed by atoms with E-state index in [1.165, 1.54) is 12.0 Å². The number of hydrogen-bond donors (Lipinski definition) is 1. The van der Waals surface area contributed by atoms with Crippen molar-refractivity contribution >= 4 is 17.3 Å². The molecule has 1 saturated carbocycles. The van der Waals surface area contributed by atoms with Gasteiger partial charge in [0, 0.05) is 19.6 Å². The minimum Gasteiger partial charge on any atom is -0.376 e. The van der Waals surface area contributed by atoms with Gasteiger partial charge in [-0.1, -0.05) is 17.7 Å². The van der Waals surface area contributed by atoms with Crippen molar-refractivity contribution in [2.45, 2.75) is 24.8 Å². The van der Waals surface area contributed by atoms with Gasteiger partial charge < -0.3 is 10.6 Å². The van der Waals surface area contributed by atoms with Gasteiger partial charge in [0.15, 0.2) is 0 Å². The molecule has 1 aliphatic rings. The Hall–Kier alpha value is -0.730. The lowest BCUT2D eigenvalue weighted by Gasteiger charge is -2.39. The largest absolute Gasteiger partial charge is 0.376 e. The smallest absolute Gasteiger partial charge is 0.0642 e. The summed E-state index contributed by atoms with van der Waals surface area (Å²) >= 11 is 6.21. The number of benzene rings is 1. The van der Waals surface area contributed by atoms with Gasteiger partial charge in [-0.3, -0.25) is 0 Å². The fraction of sp³-hybridized carbons (Fsp3) is 0.500. The molecule has 1 aromatic carbocycles. The first kappa shape index (κ1) is 10.8. The molecule has 1 aliphatic carbocycles. The van der Waals surface area contributed by atoms with Gasteiger partial charge in [0.05, 0.1) is 10.7 Å². The molecule has 0 unspecified atom stereocenters. The molecule has 1 aromatic rings. The van der Waals surface area contributed by atoms with E-state index in [9.17, 15) is 0 Å². The second kappa shape index (κ2) is 3.69. The highest BCUT2D eigenvalue weighted by molar-refractivity contribution is 6.33. The first-order valence-corrected chi connectivity index (χ1v) is 5.67. The Kier molecular flexibility index (Phi) is 2.65. The maximum Gasteiger partial charge on any atom is 0.0642 e. The van der Waals surface area contributed by atoms with Crippen LogP contribution in [0.4, 0.5) is 5.69 Å². The topological polar surface area (TPSA) is 29.3 Å². The second-order valence-electron chi connectivity index (χ2n) is 4.57. The van der Waals surface area contributed by atoms with E-state index < -0.39 is 0 Å². The van der Waals surface area contributed by atoms with Crippen LogP contribution in [0.25, 0.3) is 0 Å². The van der Waals surface area contributed by atoms with Crippen molar-refractivity contribution in [1.29, 1.82) is 0 Å². The first-order valence-electron chi connectivity index (χ1n) is 5.29. The normalized spacial score (nSPS) is 18.4. The van der Waals surface area contributed by atoms with Gasteiger partial charge in [0.25, 0.3) is 0 Å². The zero-order chi connectivity index (χ0) is 11.1. The Morgan fingerprint density at radius 2 is 2.00 bits per heavy atom. The van der Waals surface area contributed by atoms with E-state index >= 15 is 0 Å². The molecular weight excluding hydrogens is 208 g/mol. The summed E-state index contributed by atoms with van der Waals surface area (Å²) in [5.74, 6) is 0. The average Bonchev–Trinajstić information content (AvgIpc) is 2.13. The Morgan fingerprint density at radius 3 is 2.40 bits per heavy atom. The van der Waals surface area contributed by atoms with E-state index in [-0.39, 0.29) is 5.54 Å². The number of halogens is 1. The maximum absolute atomic E-state index is 6.25. The highest BCUT2D eigenvalue weighted by Gasteiger charge is 2.34. The zero-order valence-electron chi connectivity index (χ0n) is 9.26. The molecule has 0 atom stereocenters. The van der Waals surface area contributed by atoms with Crippen LogP contribution in [0.15, 0.2) is 18.2 Å². The predicted octanol–water partition coefficient (Wildman–Crippen LogP) is 2.74. The van der Waals surface area contributed by atoms with Crippen LogP contribution in [0.2, 0.25) is 5.02 Å². The Labute approximate surface area is 96.0 Å². The molecule has 0 aromatic heterocycles. The molecule has 0 radical (unpaired) electrons. The van der Waals surface area contributed by atoms with Crippen LogP contribution in [0.5, 0.6) is 0 Å². The van der Waals surface area contributed by atoms with Gasteiger partial charge in [-0.15, -0.1) is 0 Å². The van der Waals surface area contributed by atoms with Crippen molar-refractivity contribution in [3.05, 3.63) is 28.8 Å². The van der Waals surface area contributed by atoms with Crippen LogP contribution in [0, 0.1) is 0 Å². The number of nitrogens with zero attached hydrogens (tertiary/aromatic N) is 1. The summed E-state index contributed by atoms with van der Waals surface area (Å²) < 4.78 is 0. The van der Waals surface area contributed by atoms with Crippen molar-refractivity contribution in [3.8, 4) is 0 Å².